The molecular formula is C21H27N5O6S. The number of aromatic nitrogens is 2. The standard InChI is InChI=1S/C21H27N5O6S/c1-26-17(20(28)29)10-18(24-26)33(31,32)25-21(30)23-19-14-4-2-3-12(14)9-16-13(5-6-15(16)19)11-22-7-8-27/h9-10,13,22,27H,2-8,11H2,1H3,(H,28,29)(H2,23,25,30). The molecule has 0 saturated heterocycles. The second-order valence-electron chi connectivity index (χ2n) is 8.33. The van der Waals surface area contributed by atoms with Gasteiger partial charge < -0.3 is 20.8 Å². The third-order valence-electron chi connectivity index (χ3n) is 6.22. The molecule has 11 nitrogen and oxygen atoms in total. The van der Waals surface area contributed by atoms with Crippen LogP contribution in [0.4, 0.5) is 10.5 Å². The number of aliphatic hydroxyl groups is 1. The zero-order valence-corrected chi connectivity index (χ0v) is 19.0. The van der Waals surface area contributed by atoms with E-state index in [1.54, 1.807) is 0 Å². The summed E-state index contributed by atoms with van der Waals surface area (Å²) in [6.07, 6.45) is 4.34. The van der Waals surface area contributed by atoms with Crippen LogP contribution < -0.4 is 15.4 Å². The summed E-state index contributed by atoms with van der Waals surface area (Å²) < 4.78 is 28.1. The molecule has 1 aromatic carbocycles. The molecule has 0 radical (unpaired) electrons. The van der Waals surface area contributed by atoms with Gasteiger partial charge in [-0.1, -0.05) is 6.07 Å². The van der Waals surface area contributed by atoms with E-state index in [-0.39, 0.29) is 18.2 Å². The number of hydrogen-bond donors (Lipinski definition) is 5. The smallest absolute Gasteiger partial charge is 0.354 e. The summed E-state index contributed by atoms with van der Waals surface area (Å²) in [4.78, 5) is 23.9. The van der Waals surface area contributed by atoms with E-state index in [0.717, 1.165) is 71.7 Å². The first-order valence-electron chi connectivity index (χ1n) is 10.8. The van der Waals surface area contributed by atoms with E-state index >= 15 is 0 Å². The van der Waals surface area contributed by atoms with Crippen LogP contribution in [0, 0.1) is 0 Å². The lowest BCUT2D eigenvalue weighted by atomic mass is 9.95. The third-order valence-corrected chi connectivity index (χ3v) is 7.43. The van der Waals surface area contributed by atoms with Gasteiger partial charge >= 0.3 is 12.0 Å². The van der Waals surface area contributed by atoms with Crippen molar-refractivity contribution in [1.29, 1.82) is 0 Å². The molecule has 2 aliphatic rings. The number of anilines is 1. The maximum atomic E-state index is 12.7. The van der Waals surface area contributed by atoms with Gasteiger partial charge in [-0.25, -0.2) is 14.3 Å². The third kappa shape index (κ3) is 4.59. The molecule has 12 heteroatoms. The molecule has 1 aromatic heterocycles. The first-order valence-corrected chi connectivity index (χ1v) is 12.3. The Morgan fingerprint density at radius 3 is 2.70 bits per heavy atom. The number of aliphatic hydroxyl groups excluding tert-OH is 1. The SMILES string of the molecule is Cn1nc(S(=O)(=O)NC(=O)Nc2c3c(cc4c2CCC4CNCCO)CCC3)cc1C(=O)O. The lowest BCUT2D eigenvalue weighted by molar-refractivity contribution is 0.0685. The monoisotopic (exact) mass is 477 g/mol. The van der Waals surface area contributed by atoms with Gasteiger partial charge in [-0.05, 0) is 60.3 Å². The zero-order chi connectivity index (χ0) is 23.8. The lowest BCUT2D eigenvalue weighted by Gasteiger charge is -2.18. The van der Waals surface area contributed by atoms with Crippen molar-refractivity contribution < 1.29 is 28.2 Å². The Hall–Kier alpha value is -2.96. The van der Waals surface area contributed by atoms with Gasteiger partial charge in [-0.2, -0.15) is 13.5 Å². The summed E-state index contributed by atoms with van der Waals surface area (Å²) in [5.74, 6) is -1.07. The van der Waals surface area contributed by atoms with Gasteiger partial charge in [-0.3, -0.25) is 4.68 Å². The van der Waals surface area contributed by atoms with Gasteiger partial charge in [0.15, 0.2) is 5.03 Å². The van der Waals surface area contributed by atoms with E-state index in [0.29, 0.717) is 12.2 Å². The number of sulfonamides is 1. The number of fused-ring (bicyclic) bond motifs is 2. The molecular weight excluding hydrogens is 450 g/mol. The summed E-state index contributed by atoms with van der Waals surface area (Å²) in [6.45, 7) is 1.30. The molecule has 33 heavy (non-hydrogen) atoms. The Morgan fingerprint density at radius 2 is 2.00 bits per heavy atom. The number of nitrogens with zero attached hydrogens (tertiary/aromatic N) is 2. The summed E-state index contributed by atoms with van der Waals surface area (Å²) in [7, 11) is -3.05. The van der Waals surface area contributed by atoms with E-state index in [1.165, 1.54) is 7.05 Å². The Kier molecular flexibility index (Phi) is 6.41. The quantitative estimate of drug-likeness (QED) is 0.348. The Labute approximate surface area is 191 Å². The van der Waals surface area contributed by atoms with Gasteiger partial charge in [-0.15, -0.1) is 0 Å². The summed E-state index contributed by atoms with van der Waals surface area (Å²) in [5.41, 5.74) is 4.73. The second kappa shape index (κ2) is 9.12. The van der Waals surface area contributed by atoms with Crippen LogP contribution in [0.1, 0.15) is 51.5 Å². The maximum absolute atomic E-state index is 12.7. The number of aryl methyl sites for hydroxylation is 2. The van der Waals surface area contributed by atoms with Crippen molar-refractivity contribution in [2.45, 2.75) is 43.0 Å². The van der Waals surface area contributed by atoms with Crippen molar-refractivity contribution in [3.05, 3.63) is 40.1 Å². The van der Waals surface area contributed by atoms with Crippen LogP contribution >= 0.6 is 0 Å². The maximum Gasteiger partial charge on any atom is 0.354 e. The van der Waals surface area contributed by atoms with Gasteiger partial charge in [0.05, 0.1) is 6.61 Å². The van der Waals surface area contributed by atoms with E-state index in [1.807, 2.05) is 4.72 Å². The van der Waals surface area contributed by atoms with Crippen molar-refractivity contribution in [1.82, 2.24) is 19.8 Å². The highest BCUT2D eigenvalue weighted by Gasteiger charge is 2.31. The number of aromatic carboxylic acids is 1. The van der Waals surface area contributed by atoms with Crippen molar-refractivity contribution in [3.63, 3.8) is 0 Å². The fourth-order valence-corrected chi connectivity index (χ4v) is 5.62. The van der Waals surface area contributed by atoms with Gasteiger partial charge in [0.1, 0.15) is 5.69 Å². The van der Waals surface area contributed by atoms with Crippen LogP contribution in [-0.2, 0) is 36.3 Å². The predicted molar refractivity (Wildman–Crippen MR) is 119 cm³/mol. The molecule has 1 heterocycles. The molecule has 4 rings (SSSR count). The van der Waals surface area contributed by atoms with Crippen LogP contribution in [0.25, 0.3) is 0 Å². The van der Waals surface area contributed by atoms with Crippen LogP contribution in [0.15, 0.2) is 17.2 Å². The molecule has 0 fully saturated rings. The highest BCUT2D eigenvalue weighted by Crippen LogP contribution is 2.43. The van der Waals surface area contributed by atoms with Crippen LogP contribution in [-0.4, -0.2) is 60.1 Å². The fourth-order valence-electron chi connectivity index (χ4n) is 4.72. The predicted octanol–water partition coefficient (Wildman–Crippen LogP) is 0.729. The molecule has 2 amide bonds. The number of urea groups is 1. The minimum atomic E-state index is -4.36. The van der Waals surface area contributed by atoms with Crippen molar-refractivity contribution in [2.75, 3.05) is 25.0 Å². The number of rotatable bonds is 8. The summed E-state index contributed by atoms with van der Waals surface area (Å²) >= 11 is 0. The number of carboxylic acid groups (broad SMARTS) is 1. The number of carbonyl (C=O) groups is 2. The molecule has 0 spiro atoms. The minimum absolute atomic E-state index is 0.0649. The Bertz CT molecular complexity index is 1210. The average Bonchev–Trinajstić information content (AvgIpc) is 3.46. The van der Waals surface area contributed by atoms with Crippen molar-refractivity contribution in [3.8, 4) is 0 Å². The molecule has 2 aliphatic carbocycles. The normalized spacial score (nSPS) is 17.0. The molecule has 1 unspecified atom stereocenters. The van der Waals surface area contributed by atoms with Crippen molar-refractivity contribution >= 4 is 27.7 Å². The van der Waals surface area contributed by atoms with E-state index < -0.39 is 27.0 Å². The molecule has 2 aromatic rings. The molecule has 0 bridgehead atoms. The first kappa shape index (κ1) is 23.2. The number of carbonyl (C=O) groups excluding carboxylic acids is 1. The summed E-state index contributed by atoms with van der Waals surface area (Å²) in [6, 6.07) is 2.19. The Morgan fingerprint density at radius 1 is 1.21 bits per heavy atom. The van der Waals surface area contributed by atoms with E-state index in [9.17, 15) is 18.0 Å². The number of benzene rings is 1. The van der Waals surface area contributed by atoms with E-state index in [2.05, 4.69) is 21.8 Å². The highest BCUT2D eigenvalue weighted by molar-refractivity contribution is 7.90. The van der Waals surface area contributed by atoms with Crippen molar-refractivity contribution in [2.24, 2.45) is 7.05 Å². The summed E-state index contributed by atoms with van der Waals surface area (Å²) in [5, 5.41) is 27.3. The van der Waals surface area contributed by atoms with Gasteiger partial charge in [0, 0.05) is 31.9 Å². The van der Waals surface area contributed by atoms with Crippen LogP contribution in [0.3, 0.4) is 0 Å². The number of amides is 2. The number of carboxylic acids is 1. The van der Waals surface area contributed by atoms with E-state index in [4.69, 9.17) is 10.2 Å². The fraction of sp³-hybridized carbons (Fsp3) is 0.476. The molecule has 178 valence electrons. The number of nitrogens with one attached hydrogen (secondary N) is 3. The second-order valence-corrected chi connectivity index (χ2v) is 9.96. The van der Waals surface area contributed by atoms with Gasteiger partial charge in [0.2, 0.25) is 0 Å². The van der Waals surface area contributed by atoms with Crippen LogP contribution in [0.5, 0.6) is 0 Å². The first-order chi connectivity index (χ1) is 15.7. The molecule has 0 aliphatic heterocycles. The number of hydrogen-bond acceptors (Lipinski definition) is 7. The zero-order valence-electron chi connectivity index (χ0n) is 18.2. The molecule has 5 N–H and O–H groups in total. The van der Waals surface area contributed by atoms with Gasteiger partial charge in [0.25, 0.3) is 10.0 Å². The highest BCUT2D eigenvalue weighted by atomic mass is 32.2. The van der Waals surface area contributed by atoms with Crippen LogP contribution in [0.2, 0.25) is 0 Å². The average molecular weight is 478 g/mol. The lowest BCUT2D eigenvalue weighted by Crippen LogP contribution is -2.35. The minimum Gasteiger partial charge on any atom is -0.477 e. The molecule has 1 atom stereocenters. The molecule has 0 saturated carbocycles. The Balaban J connectivity index is 1.57. The largest absolute Gasteiger partial charge is 0.477 e. The topological polar surface area (TPSA) is 163 Å².